The Bertz CT molecular complexity index is 527. The van der Waals surface area contributed by atoms with Crippen LogP contribution in [0.5, 0.6) is 17.4 Å². The monoisotopic (exact) mass is 243 g/mol. The van der Waals surface area contributed by atoms with Gasteiger partial charge in [-0.15, -0.1) is 0 Å². The van der Waals surface area contributed by atoms with Crippen molar-refractivity contribution in [1.29, 1.82) is 0 Å². The summed E-state index contributed by atoms with van der Waals surface area (Å²) < 4.78 is 5.56. The van der Waals surface area contributed by atoms with E-state index in [2.05, 4.69) is 25.8 Å². The Labute approximate surface area is 107 Å². The molecule has 1 heterocycles. The molecule has 2 rings (SSSR count). The molecule has 0 aliphatic carbocycles. The van der Waals surface area contributed by atoms with Crippen LogP contribution in [0.15, 0.2) is 42.6 Å². The summed E-state index contributed by atoms with van der Waals surface area (Å²) in [5, 5.41) is 9.34. The molecule has 1 aromatic carbocycles. The molecule has 1 N–H and O–H groups in total. The molecule has 0 atom stereocenters. The molecule has 0 bridgehead atoms. The number of ether oxygens (including phenoxy) is 1. The van der Waals surface area contributed by atoms with Crippen molar-refractivity contribution in [3.63, 3.8) is 0 Å². The Morgan fingerprint density at radius 2 is 1.89 bits per heavy atom. The zero-order chi connectivity index (χ0) is 13.2. The van der Waals surface area contributed by atoms with Crippen LogP contribution in [0.25, 0.3) is 0 Å². The molecule has 0 aliphatic heterocycles. The summed E-state index contributed by atoms with van der Waals surface area (Å²) in [6, 6.07) is 10.5. The van der Waals surface area contributed by atoms with E-state index in [0.29, 0.717) is 11.6 Å². The maximum absolute atomic E-state index is 9.34. The van der Waals surface area contributed by atoms with Gasteiger partial charge in [0, 0.05) is 18.3 Å². The lowest BCUT2D eigenvalue weighted by Crippen LogP contribution is -2.11. The molecule has 94 valence electrons. The van der Waals surface area contributed by atoms with E-state index in [-0.39, 0.29) is 11.2 Å². The minimum atomic E-state index is 0.0799. The van der Waals surface area contributed by atoms with E-state index >= 15 is 0 Å². The standard InChI is InChI=1S/C15H17NO2/c1-15(2,3)11-7-8-14(16-10-11)18-13-6-4-5-12(17)9-13/h4-10,17H,1-3H3. The molecule has 0 saturated heterocycles. The summed E-state index contributed by atoms with van der Waals surface area (Å²) in [4.78, 5) is 4.27. The Morgan fingerprint density at radius 3 is 2.44 bits per heavy atom. The normalized spacial score (nSPS) is 11.3. The second kappa shape index (κ2) is 4.69. The van der Waals surface area contributed by atoms with Crippen LogP contribution in [0.3, 0.4) is 0 Å². The Balaban J connectivity index is 2.16. The van der Waals surface area contributed by atoms with Crippen LogP contribution in [0, 0.1) is 0 Å². The first-order chi connectivity index (χ1) is 8.45. The summed E-state index contributed by atoms with van der Waals surface area (Å²) in [6.07, 6.45) is 1.82. The smallest absolute Gasteiger partial charge is 0.219 e. The Morgan fingerprint density at radius 1 is 1.11 bits per heavy atom. The van der Waals surface area contributed by atoms with Gasteiger partial charge in [-0.1, -0.05) is 32.9 Å². The van der Waals surface area contributed by atoms with Crippen LogP contribution in [0.1, 0.15) is 26.3 Å². The molecule has 0 saturated carbocycles. The fraction of sp³-hybridized carbons (Fsp3) is 0.267. The molecule has 3 nitrogen and oxygen atoms in total. The molecule has 0 spiro atoms. The third-order valence-corrected chi connectivity index (χ3v) is 2.64. The number of hydrogen-bond acceptors (Lipinski definition) is 3. The van der Waals surface area contributed by atoms with Gasteiger partial charge in [-0.25, -0.2) is 4.98 Å². The fourth-order valence-electron chi connectivity index (χ4n) is 1.55. The predicted molar refractivity (Wildman–Crippen MR) is 71.1 cm³/mol. The first-order valence-electron chi connectivity index (χ1n) is 5.88. The van der Waals surface area contributed by atoms with E-state index in [1.807, 2.05) is 18.3 Å². The van der Waals surface area contributed by atoms with Crippen LogP contribution >= 0.6 is 0 Å². The van der Waals surface area contributed by atoms with Crippen molar-refractivity contribution < 1.29 is 9.84 Å². The van der Waals surface area contributed by atoms with Gasteiger partial charge < -0.3 is 9.84 Å². The maximum Gasteiger partial charge on any atom is 0.219 e. The predicted octanol–water partition coefficient (Wildman–Crippen LogP) is 3.88. The third-order valence-electron chi connectivity index (χ3n) is 2.64. The van der Waals surface area contributed by atoms with Crippen molar-refractivity contribution in [3.8, 4) is 17.4 Å². The number of pyridine rings is 1. The van der Waals surface area contributed by atoms with Crippen molar-refractivity contribution in [1.82, 2.24) is 4.98 Å². The Hall–Kier alpha value is -2.03. The fourth-order valence-corrected chi connectivity index (χ4v) is 1.55. The van der Waals surface area contributed by atoms with Crippen LogP contribution < -0.4 is 4.74 Å². The van der Waals surface area contributed by atoms with Gasteiger partial charge in [-0.2, -0.15) is 0 Å². The lowest BCUT2D eigenvalue weighted by Gasteiger charge is -2.18. The van der Waals surface area contributed by atoms with Crippen molar-refractivity contribution in [2.75, 3.05) is 0 Å². The molecule has 18 heavy (non-hydrogen) atoms. The maximum atomic E-state index is 9.34. The zero-order valence-electron chi connectivity index (χ0n) is 10.8. The van der Waals surface area contributed by atoms with Crippen molar-refractivity contribution in [2.45, 2.75) is 26.2 Å². The number of phenols is 1. The van der Waals surface area contributed by atoms with E-state index in [1.165, 1.54) is 0 Å². The number of aromatic nitrogens is 1. The molecule has 0 aliphatic rings. The van der Waals surface area contributed by atoms with Crippen LogP contribution in [-0.4, -0.2) is 10.1 Å². The summed E-state index contributed by atoms with van der Waals surface area (Å²) in [6.45, 7) is 6.42. The van der Waals surface area contributed by atoms with Gasteiger partial charge in [0.1, 0.15) is 11.5 Å². The Kier molecular flexibility index (Phi) is 3.24. The second-order valence-corrected chi connectivity index (χ2v) is 5.23. The van der Waals surface area contributed by atoms with Crippen molar-refractivity contribution in [3.05, 3.63) is 48.2 Å². The van der Waals surface area contributed by atoms with Gasteiger partial charge in [0.05, 0.1) is 0 Å². The number of aromatic hydroxyl groups is 1. The highest BCUT2D eigenvalue weighted by Gasteiger charge is 2.13. The first kappa shape index (κ1) is 12.4. The number of phenolic OH excluding ortho intramolecular Hbond substituents is 1. The van der Waals surface area contributed by atoms with Crippen molar-refractivity contribution in [2.24, 2.45) is 0 Å². The van der Waals surface area contributed by atoms with E-state index in [0.717, 1.165) is 5.56 Å². The molecule has 0 amide bonds. The van der Waals surface area contributed by atoms with Gasteiger partial charge in [0.15, 0.2) is 0 Å². The van der Waals surface area contributed by atoms with Gasteiger partial charge in [0.25, 0.3) is 0 Å². The molecular weight excluding hydrogens is 226 g/mol. The highest BCUT2D eigenvalue weighted by atomic mass is 16.5. The molecule has 0 radical (unpaired) electrons. The number of rotatable bonds is 2. The largest absolute Gasteiger partial charge is 0.508 e. The van der Waals surface area contributed by atoms with Crippen LogP contribution in [0.4, 0.5) is 0 Å². The van der Waals surface area contributed by atoms with E-state index in [1.54, 1.807) is 24.3 Å². The van der Waals surface area contributed by atoms with Gasteiger partial charge in [0.2, 0.25) is 5.88 Å². The van der Waals surface area contributed by atoms with Gasteiger partial charge in [-0.05, 0) is 23.1 Å². The average Bonchev–Trinajstić information content (AvgIpc) is 2.28. The summed E-state index contributed by atoms with van der Waals surface area (Å²) in [5.74, 6) is 1.28. The SMILES string of the molecule is CC(C)(C)c1ccc(Oc2cccc(O)c2)nc1. The lowest BCUT2D eigenvalue weighted by atomic mass is 9.88. The van der Waals surface area contributed by atoms with E-state index < -0.39 is 0 Å². The second-order valence-electron chi connectivity index (χ2n) is 5.23. The molecular formula is C15H17NO2. The summed E-state index contributed by atoms with van der Waals surface area (Å²) >= 11 is 0. The third kappa shape index (κ3) is 3.00. The minimum Gasteiger partial charge on any atom is -0.508 e. The van der Waals surface area contributed by atoms with Crippen LogP contribution in [-0.2, 0) is 5.41 Å². The van der Waals surface area contributed by atoms with Gasteiger partial charge in [-0.3, -0.25) is 0 Å². The molecule has 3 heteroatoms. The minimum absolute atomic E-state index is 0.0799. The number of hydrogen-bond donors (Lipinski definition) is 1. The quantitative estimate of drug-likeness (QED) is 0.870. The molecule has 2 aromatic rings. The molecule has 1 aromatic heterocycles. The summed E-state index contributed by atoms with van der Waals surface area (Å²) in [5.41, 5.74) is 1.24. The summed E-state index contributed by atoms with van der Waals surface area (Å²) in [7, 11) is 0. The lowest BCUT2D eigenvalue weighted by molar-refractivity contribution is 0.444. The number of benzene rings is 1. The highest BCUT2D eigenvalue weighted by molar-refractivity contribution is 5.34. The van der Waals surface area contributed by atoms with E-state index in [4.69, 9.17) is 4.74 Å². The number of nitrogens with zero attached hydrogens (tertiary/aromatic N) is 1. The zero-order valence-corrected chi connectivity index (χ0v) is 10.8. The van der Waals surface area contributed by atoms with Gasteiger partial charge >= 0.3 is 0 Å². The first-order valence-corrected chi connectivity index (χ1v) is 5.88. The topological polar surface area (TPSA) is 42.4 Å². The van der Waals surface area contributed by atoms with E-state index in [9.17, 15) is 5.11 Å². The molecule has 0 fully saturated rings. The van der Waals surface area contributed by atoms with Crippen molar-refractivity contribution >= 4 is 0 Å². The average molecular weight is 243 g/mol. The van der Waals surface area contributed by atoms with Crippen LogP contribution in [0.2, 0.25) is 0 Å². The highest BCUT2D eigenvalue weighted by Crippen LogP contribution is 2.26. The molecule has 0 unspecified atom stereocenters.